The fourth-order valence-corrected chi connectivity index (χ4v) is 3.73. The van der Waals surface area contributed by atoms with Gasteiger partial charge in [-0.15, -0.1) is 0 Å². The van der Waals surface area contributed by atoms with Crippen molar-refractivity contribution in [1.29, 1.82) is 0 Å². The molecule has 0 fully saturated rings. The van der Waals surface area contributed by atoms with E-state index in [0.717, 1.165) is 22.5 Å². The minimum atomic E-state index is -0.786. The van der Waals surface area contributed by atoms with E-state index in [-0.39, 0.29) is 12.3 Å². The van der Waals surface area contributed by atoms with Crippen LogP contribution in [0, 0.1) is 0 Å². The lowest BCUT2D eigenvalue weighted by molar-refractivity contribution is -0.136. The second-order valence-electron chi connectivity index (χ2n) is 9.02. The number of aliphatic carboxylic acids is 1. The second kappa shape index (κ2) is 15.6. The number of nitrogen functional groups attached to an aromatic ring is 1. The van der Waals surface area contributed by atoms with Crippen molar-refractivity contribution < 1.29 is 14.7 Å². The summed E-state index contributed by atoms with van der Waals surface area (Å²) in [6.45, 7) is 0. The number of nitrogens with one attached hydrogen (secondary N) is 1. The van der Waals surface area contributed by atoms with Crippen LogP contribution in [0.4, 0.5) is 11.6 Å². The summed E-state index contributed by atoms with van der Waals surface area (Å²) in [5.41, 5.74) is 9.04. The molecule has 1 amide bonds. The van der Waals surface area contributed by atoms with Crippen molar-refractivity contribution in [3.8, 4) is 11.4 Å². The number of carbonyl (C=O) groups is 2. The molecule has 0 saturated carbocycles. The molecule has 4 aromatic heterocycles. The molecule has 0 spiro atoms. The first-order chi connectivity index (χ1) is 21.0. The third-order valence-electron chi connectivity index (χ3n) is 5.69. The predicted octanol–water partition coefficient (Wildman–Crippen LogP) is 4.61. The summed E-state index contributed by atoms with van der Waals surface area (Å²) < 4.78 is 3.35. The molecule has 11 nitrogen and oxygen atoms in total. The molecule has 11 heteroatoms. The summed E-state index contributed by atoms with van der Waals surface area (Å²) in [5.74, 6) is 0.169. The van der Waals surface area contributed by atoms with Crippen LogP contribution in [0.15, 0.2) is 134 Å². The van der Waals surface area contributed by atoms with Crippen molar-refractivity contribution in [1.82, 2.24) is 29.5 Å². The van der Waals surface area contributed by atoms with E-state index < -0.39 is 5.97 Å². The van der Waals surface area contributed by atoms with Crippen LogP contribution in [-0.2, 0) is 22.4 Å². The maximum Gasteiger partial charge on any atom is 0.307 e. The van der Waals surface area contributed by atoms with Gasteiger partial charge in [0.05, 0.1) is 36.6 Å². The number of benzene rings is 2. The number of rotatable bonds is 7. The first-order valence-corrected chi connectivity index (χ1v) is 13.2. The zero-order valence-electron chi connectivity index (χ0n) is 23.1. The number of anilines is 2. The summed E-state index contributed by atoms with van der Waals surface area (Å²) in [6, 6.07) is 29.7. The number of nitrogens with two attached hydrogens (primary N) is 1. The summed E-state index contributed by atoms with van der Waals surface area (Å²) in [5, 5.41) is 19.5. The van der Waals surface area contributed by atoms with Crippen molar-refractivity contribution in [2.24, 2.45) is 0 Å². The van der Waals surface area contributed by atoms with Crippen molar-refractivity contribution in [2.75, 3.05) is 11.1 Å². The van der Waals surface area contributed by atoms with E-state index in [0.29, 0.717) is 18.1 Å². The number of carboxylic acid groups (broad SMARTS) is 1. The average molecular weight is 575 g/mol. The van der Waals surface area contributed by atoms with Gasteiger partial charge in [-0.2, -0.15) is 10.2 Å². The molecule has 0 aliphatic heterocycles. The van der Waals surface area contributed by atoms with Crippen LogP contribution in [0.1, 0.15) is 11.1 Å². The van der Waals surface area contributed by atoms with E-state index >= 15 is 0 Å². The third kappa shape index (κ3) is 10.1. The molecule has 0 radical (unpaired) electrons. The van der Waals surface area contributed by atoms with Crippen molar-refractivity contribution in [3.05, 3.63) is 145 Å². The first kappa shape index (κ1) is 29.9. The second-order valence-corrected chi connectivity index (χ2v) is 9.02. The van der Waals surface area contributed by atoms with Gasteiger partial charge < -0.3 is 16.2 Å². The lowest BCUT2D eigenvalue weighted by Crippen LogP contribution is -2.14. The predicted molar refractivity (Wildman–Crippen MR) is 164 cm³/mol. The third-order valence-corrected chi connectivity index (χ3v) is 5.69. The van der Waals surface area contributed by atoms with E-state index in [9.17, 15) is 9.59 Å². The van der Waals surface area contributed by atoms with E-state index in [1.807, 2.05) is 72.8 Å². The van der Waals surface area contributed by atoms with Gasteiger partial charge in [-0.1, -0.05) is 60.7 Å². The molecular weight excluding hydrogens is 544 g/mol. The van der Waals surface area contributed by atoms with Gasteiger partial charge >= 0.3 is 5.97 Å². The molecule has 0 unspecified atom stereocenters. The fourth-order valence-electron chi connectivity index (χ4n) is 3.73. The molecule has 4 heterocycles. The summed E-state index contributed by atoms with van der Waals surface area (Å²) in [7, 11) is 0. The Hall–Kier alpha value is -6.10. The highest BCUT2D eigenvalue weighted by molar-refractivity contribution is 5.91. The monoisotopic (exact) mass is 574 g/mol. The van der Waals surface area contributed by atoms with Crippen LogP contribution < -0.4 is 11.1 Å². The Morgan fingerprint density at radius 1 is 0.674 bits per heavy atom. The van der Waals surface area contributed by atoms with Gasteiger partial charge in [0.15, 0.2) is 5.82 Å². The Labute approximate surface area is 248 Å². The zero-order chi connectivity index (χ0) is 30.3. The van der Waals surface area contributed by atoms with Gasteiger partial charge in [0.2, 0.25) is 5.91 Å². The molecule has 216 valence electrons. The van der Waals surface area contributed by atoms with Gasteiger partial charge in [0.25, 0.3) is 0 Å². The van der Waals surface area contributed by atoms with Crippen LogP contribution in [0.25, 0.3) is 11.4 Å². The van der Waals surface area contributed by atoms with Crippen LogP contribution in [0.2, 0.25) is 0 Å². The SMILES string of the molecule is Nc1ccn(-c2cccnc2)n1.O=C(Cc1ccccc1)Nc1ccn(-c2cccnc2)n1.O=C(O)Cc1ccccc1. The molecule has 0 bridgehead atoms. The molecular formula is C32H30N8O3. The van der Waals surface area contributed by atoms with Crippen LogP contribution >= 0.6 is 0 Å². The Morgan fingerprint density at radius 2 is 1.21 bits per heavy atom. The lowest BCUT2D eigenvalue weighted by atomic mass is 10.1. The number of amides is 1. The Morgan fingerprint density at radius 3 is 1.70 bits per heavy atom. The fraction of sp³-hybridized carbons (Fsp3) is 0.0625. The maximum absolute atomic E-state index is 12.0. The highest BCUT2D eigenvalue weighted by Gasteiger charge is 2.07. The summed E-state index contributed by atoms with van der Waals surface area (Å²) in [6.07, 6.45) is 10.9. The van der Waals surface area contributed by atoms with Gasteiger partial charge in [0, 0.05) is 36.9 Å². The van der Waals surface area contributed by atoms with Crippen molar-refractivity contribution in [3.63, 3.8) is 0 Å². The smallest absolute Gasteiger partial charge is 0.307 e. The molecule has 6 aromatic rings. The quantitative estimate of drug-likeness (QED) is 0.250. The van der Waals surface area contributed by atoms with Gasteiger partial charge in [-0.25, -0.2) is 9.36 Å². The molecule has 6 rings (SSSR count). The topological polar surface area (TPSA) is 154 Å². The number of pyridine rings is 2. The molecule has 0 aliphatic rings. The normalized spacial score (nSPS) is 9.95. The number of carbonyl (C=O) groups excluding carboxylic acids is 1. The summed E-state index contributed by atoms with van der Waals surface area (Å²) in [4.78, 5) is 30.1. The Balaban J connectivity index is 0.000000163. The van der Waals surface area contributed by atoms with E-state index in [1.54, 1.807) is 70.8 Å². The maximum atomic E-state index is 12.0. The largest absolute Gasteiger partial charge is 0.481 e. The van der Waals surface area contributed by atoms with E-state index in [1.165, 1.54) is 0 Å². The van der Waals surface area contributed by atoms with E-state index in [2.05, 4.69) is 25.5 Å². The highest BCUT2D eigenvalue weighted by atomic mass is 16.4. The van der Waals surface area contributed by atoms with Gasteiger partial charge in [-0.05, 0) is 35.4 Å². The highest BCUT2D eigenvalue weighted by Crippen LogP contribution is 2.10. The van der Waals surface area contributed by atoms with Crippen molar-refractivity contribution >= 4 is 23.5 Å². The van der Waals surface area contributed by atoms with Gasteiger partial charge in [-0.3, -0.25) is 19.6 Å². The summed E-state index contributed by atoms with van der Waals surface area (Å²) >= 11 is 0. The Bertz CT molecular complexity index is 1690. The number of nitrogens with zero attached hydrogens (tertiary/aromatic N) is 6. The minimum Gasteiger partial charge on any atom is -0.481 e. The molecule has 4 N–H and O–H groups in total. The lowest BCUT2D eigenvalue weighted by Gasteiger charge is -2.02. The van der Waals surface area contributed by atoms with Crippen molar-refractivity contribution in [2.45, 2.75) is 12.8 Å². The number of hydrogen-bond acceptors (Lipinski definition) is 7. The standard InChI is InChI=1S/C16H14N4O.C8H8N4.C8H8O2/c21-16(11-13-5-2-1-3-6-13)18-15-8-10-20(19-15)14-7-4-9-17-12-14;9-8-3-5-12(11-8)7-2-1-4-10-6-7;9-8(10)6-7-4-2-1-3-5-7/h1-10,12H,11H2,(H,18,19,21);1-6H,(H2,9,11);1-5H,6H2,(H,9,10). The molecule has 2 aromatic carbocycles. The minimum absolute atomic E-state index is 0.0855. The number of hydrogen-bond donors (Lipinski definition) is 3. The molecule has 0 atom stereocenters. The van der Waals surface area contributed by atoms with Gasteiger partial charge in [0.1, 0.15) is 5.82 Å². The molecule has 0 aliphatic carbocycles. The molecule has 0 saturated heterocycles. The first-order valence-electron chi connectivity index (χ1n) is 13.2. The number of aromatic nitrogens is 6. The molecule has 43 heavy (non-hydrogen) atoms. The van der Waals surface area contributed by atoms with Crippen LogP contribution in [0.3, 0.4) is 0 Å². The van der Waals surface area contributed by atoms with E-state index in [4.69, 9.17) is 10.8 Å². The van der Waals surface area contributed by atoms with Crippen LogP contribution in [0.5, 0.6) is 0 Å². The average Bonchev–Trinajstić information content (AvgIpc) is 3.68. The number of carboxylic acids is 1. The zero-order valence-corrected chi connectivity index (χ0v) is 23.1. The Kier molecular flexibility index (Phi) is 10.9. The van der Waals surface area contributed by atoms with Crippen LogP contribution in [-0.4, -0.2) is 46.5 Å².